The van der Waals surface area contributed by atoms with Crippen molar-refractivity contribution in [3.8, 4) is 5.75 Å². The standard InChI is InChI=1S/C15H21FN2O2/c1-3-15(7-4-8-17-10-15)14(19)18-11-5-6-13(20-2)12(16)9-11/h5-6,9,17H,3-4,7-8,10H2,1-2H3,(H,18,19). The van der Waals surface area contributed by atoms with Crippen molar-refractivity contribution in [2.75, 3.05) is 25.5 Å². The van der Waals surface area contributed by atoms with Crippen molar-refractivity contribution in [1.29, 1.82) is 0 Å². The molecule has 1 aromatic rings. The van der Waals surface area contributed by atoms with Crippen LogP contribution in [0.15, 0.2) is 18.2 Å². The number of ether oxygens (including phenoxy) is 1. The predicted octanol–water partition coefficient (Wildman–Crippen LogP) is 2.55. The third-order valence-corrected chi connectivity index (χ3v) is 4.04. The van der Waals surface area contributed by atoms with Crippen molar-refractivity contribution in [2.45, 2.75) is 26.2 Å². The first-order chi connectivity index (χ1) is 9.61. The molecule has 5 heteroatoms. The molecule has 0 saturated carbocycles. The van der Waals surface area contributed by atoms with Gasteiger partial charge in [-0.25, -0.2) is 4.39 Å². The number of benzene rings is 1. The summed E-state index contributed by atoms with van der Waals surface area (Å²) in [4.78, 5) is 12.5. The molecule has 1 fully saturated rings. The van der Waals surface area contributed by atoms with E-state index >= 15 is 0 Å². The number of hydrogen-bond acceptors (Lipinski definition) is 3. The zero-order chi connectivity index (χ0) is 14.6. The molecule has 1 aliphatic heterocycles. The highest BCUT2D eigenvalue weighted by molar-refractivity contribution is 5.95. The lowest BCUT2D eigenvalue weighted by molar-refractivity contribution is -0.126. The van der Waals surface area contributed by atoms with Gasteiger partial charge in [-0.3, -0.25) is 4.79 Å². The van der Waals surface area contributed by atoms with Crippen LogP contribution in [0.2, 0.25) is 0 Å². The van der Waals surface area contributed by atoms with Crippen LogP contribution in [0.3, 0.4) is 0 Å². The highest BCUT2D eigenvalue weighted by Crippen LogP contribution is 2.32. The zero-order valence-corrected chi connectivity index (χ0v) is 12.0. The van der Waals surface area contributed by atoms with Crippen LogP contribution in [0, 0.1) is 11.2 Å². The lowest BCUT2D eigenvalue weighted by Crippen LogP contribution is -2.47. The van der Waals surface area contributed by atoms with Gasteiger partial charge in [0.15, 0.2) is 11.6 Å². The number of carbonyl (C=O) groups excluding carboxylic acids is 1. The molecule has 110 valence electrons. The van der Waals surface area contributed by atoms with Gasteiger partial charge in [0.25, 0.3) is 0 Å². The Morgan fingerprint density at radius 1 is 1.55 bits per heavy atom. The smallest absolute Gasteiger partial charge is 0.231 e. The first-order valence-electron chi connectivity index (χ1n) is 6.97. The normalized spacial score (nSPS) is 22.4. The van der Waals surface area contributed by atoms with E-state index < -0.39 is 11.2 Å². The molecule has 1 aromatic carbocycles. The van der Waals surface area contributed by atoms with Crippen LogP contribution >= 0.6 is 0 Å². The van der Waals surface area contributed by atoms with Gasteiger partial charge < -0.3 is 15.4 Å². The van der Waals surface area contributed by atoms with Gasteiger partial charge in [-0.15, -0.1) is 0 Å². The number of nitrogens with one attached hydrogen (secondary N) is 2. The molecule has 20 heavy (non-hydrogen) atoms. The molecule has 0 aromatic heterocycles. The second-order valence-electron chi connectivity index (χ2n) is 5.22. The number of hydrogen-bond donors (Lipinski definition) is 2. The van der Waals surface area contributed by atoms with E-state index in [0.717, 1.165) is 25.8 Å². The van der Waals surface area contributed by atoms with Crippen LogP contribution < -0.4 is 15.4 Å². The van der Waals surface area contributed by atoms with Gasteiger partial charge in [0.05, 0.1) is 12.5 Å². The van der Waals surface area contributed by atoms with E-state index in [1.54, 1.807) is 6.07 Å². The van der Waals surface area contributed by atoms with Crippen LogP contribution in [-0.2, 0) is 4.79 Å². The molecule has 4 nitrogen and oxygen atoms in total. The van der Waals surface area contributed by atoms with Crippen molar-refractivity contribution in [1.82, 2.24) is 5.32 Å². The average Bonchev–Trinajstić information content (AvgIpc) is 2.48. The van der Waals surface area contributed by atoms with E-state index in [9.17, 15) is 9.18 Å². The summed E-state index contributed by atoms with van der Waals surface area (Å²) in [6.45, 7) is 3.64. The molecule has 0 aliphatic carbocycles. The van der Waals surface area contributed by atoms with Crippen LogP contribution in [0.25, 0.3) is 0 Å². The van der Waals surface area contributed by atoms with Gasteiger partial charge in [-0.05, 0) is 37.9 Å². The minimum absolute atomic E-state index is 0.0447. The van der Waals surface area contributed by atoms with Crippen LogP contribution in [0.4, 0.5) is 10.1 Å². The average molecular weight is 280 g/mol. The summed E-state index contributed by atoms with van der Waals surface area (Å²) < 4.78 is 18.5. The molecule has 1 saturated heterocycles. The van der Waals surface area contributed by atoms with Crippen molar-refractivity contribution in [3.05, 3.63) is 24.0 Å². The number of rotatable bonds is 4. The maximum absolute atomic E-state index is 13.6. The van der Waals surface area contributed by atoms with Crippen molar-refractivity contribution in [3.63, 3.8) is 0 Å². The molecule has 0 radical (unpaired) electrons. The van der Waals surface area contributed by atoms with Gasteiger partial charge >= 0.3 is 0 Å². The fraction of sp³-hybridized carbons (Fsp3) is 0.533. The molecule has 1 atom stereocenters. The Balaban J connectivity index is 2.12. The summed E-state index contributed by atoms with van der Waals surface area (Å²) >= 11 is 0. The number of anilines is 1. The number of halogens is 1. The maximum Gasteiger partial charge on any atom is 0.231 e. The van der Waals surface area contributed by atoms with E-state index in [-0.39, 0.29) is 11.7 Å². The zero-order valence-electron chi connectivity index (χ0n) is 12.0. The first kappa shape index (κ1) is 14.8. The Labute approximate surface area is 118 Å². The summed E-state index contributed by atoms with van der Waals surface area (Å²) in [7, 11) is 1.41. The van der Waals surface area contributed by atoms with Crippen molar-refractivity contribution in [2.24, 2.45) is 5.41 Å². The second kappa shape index (κ2) is 6.22. The van der Waals surface area contributed by atoms with E-state index in [0.29, 0.717) is 12.2 Å². The largest absolute Gasteiger partial charge is 0.494 e. The van der Waals surface area contributed by atoms with Crippen LogP contribution in [0.1, 0.15) is 26.2 Å². The highest BCUT2D eigenvalue weighted by Gasteiger charge is 2.37. The van der Waals surface area contributed by atoms with Crippen molar-refractivity contribution >= 4 is 11.6 Å². The third kappa shape index (κ3) is 2.93. The third-order valence-electron chi connectivity index (χ3n) is 4.04. The first-order valence-corrected chi connectivity index (χ1v) is 6.97. The molecule has 1 unspecified atom stereocenters. The Morgan fingerprint density at radius 3 is 2.90 bits per heavy atom. The van der Waals surface area contributed by atoms with Gasteiger partial charge in [0.1, 0.15) is 0 Å². The Kier molecular flexibility index (Phi) is 4.60. The Bertz CT molecular complexity index is 485. The summed E-state index contributed by atoms with van der Waals surface area (Å²) in [5, 5.41) is 6.09. The summed E-state index contributed by atoms with van der Waals surface area (Å²) in [5.74, 6) is -0.345. The van der Waals surface area contributed by atoms with E-state index in [1.165, 1.54) is 19.2 Å². The minimum atomic E-state index is -0.474. The van der Waals surface area contributed by atoms with E-state index in [4.69, 9.17) is 4.74 Å². The Hall–Kier alpha value is -1.62. The summed E-state index contributed by atoms with van der Waals surface area (Å²) in [6.07, 6.45) is 2.61. The summed E-state index contributed by atoms with van der Waals surface area (Å²) in [5.41, 5.74) is 0.0703. The lowest BCUT2D eigenvalue weighted by atomic mass is 9.77. The number of amides is 1. The van der Waals surface area contributed by atoms with Gasteiger partial charge in [0.2, 0.25) is 5.91 Å². The monoisotopic (exact) mass is 280 g/mol. The second-order valence-corrected chi connectivity index (χ2v) is 5.22. The molecule has 0 bridgehead atoms. The SMILES string of the molecule is CCC1(C(=O)Nc2ccc(OC)c(F)c2)CCCNC1. The van der Waals surface area contributed by atoms with E-state index in [2.05, 4.69) is 10.6 Å². The molecular formula is C15H21FN2O2. The van der Waals surface area contributed by atoms with Gasteiger partial charge in [0, 0.05) is 18.3 Å². The van der Waals surface area contributed by atoms with E-state index in [1.807, 2.05) is 6.92 Å². The highest BCUT2D eigenvalue weighted by atomic mass is 19.1. The van der Waals surface area contributed by atoms with Crippen LogP contribution in [-0.4, -0.2) is 26.1 Å². The molecular weight excluding hydrogens is 259 g/mol. The predicted molar refractivity (Wildman–Crippen MR) is 76.4 cm³/mol. The quantitative estimate of drug-likeness (QED) is 0.891. The minimum Gasteiger partial charge on any atom is -0.494 e. The maximum atomic E-state index is 13.6. The van der Waals surface area contributed by atoms with Crippen molar-refractivity contribution < 1.29 is 13.9 Å². The van der Waals surface area contributed by atoms with Crippen LogP contribution in [0.5, 0.6) is 5.75 Å². The molecule has 2 N–H and O–H groups in total. The van der Waals surface area contributed by atoms with Gasteiger partial charge in [-0.2, -0.15) is 0 Å². The molecule has 1 heterocycles. The topological polar surface area (TPSA) is 50.4 Å². The molecule has 0 spiro atoms. The Morgan fingerprint density at radius 2 is 2.35 bits per heavy atom. The fourth-order valence-electron chi connectivity index (χ4n) is 2.63. The molecule has 1 aliphatic rings. The molecule has 1 amide bonds. The van der Waals surface area contributed by atoms with Gasteiger partial charge in [-0.1, -0.05) is 6.92 Å². The summed E-state index contributed by atoms with van der Waals surface area (Å²) in [6, 6.07) is 4.46. The molecule has 2 rings (SSSR count). The number of piperidine rings is 1. The number of methoxy groups -OCH3 is 1. The number of carbonyl (C=O) groups is 1. The lowest BCUT2D eigenvalue weighted by Gasteiger charge is -2.35. The fourth-order valence-corrected chi connectivity index (χ4v) is 2.63.